The molecular weight excluding hydrogens is 306 g/mol. The first-order valence-corrected chi connectivity index (χ1v) is 9.70. The summed E-state index contributed by atoms with van der Waals surface area (Å²) in [6, 6.07) is 0.370. The molecule has 3 fully saturated rings. The molecule has 3 rings (SSSR count). The topological polar surface area (TPSA) is 61.9 Å². The number of rotatable bonds is 2. The Bertz CT molecular complexity index is 421. The fourth-order valence-corrected chi connectivity index (χ4v) is 3.97. The molecule has 6 nitrogen and oxygen atoms in total. The van der Waals surface area contributed by atoms with Gasteiger partial charge in [0.1, 0.15) is 6.10 Å². The summed E-state index contributed by atoms with van der Waals surface area (Å²) in [4.78, 5) is 28.5. The van der Waals surface area contributed by atoms with E-state index >= 15 is 0 Å². The SMILES string of the molecule is O=C(NC1CCCCCCC1)N1CCN(C(=O)C2CCCO2)CC1. The van der Waals surface area contributed by atoms with E-state index in [4.69, 9.17) is 4.74 Å². The fourth-order valence-electron chi connectivity index (χ4n) is 3.97. The van der Waals surface area contributed by atoms with E-state index < -0.39 is 0 Å². The van der Waals surface area contributed by atoms with Gasteiger partial charge in [-0.05, 0) is 25.7 Å². The molecule has 136 valence electrons. The first-order chi connectivity index (χ1) is 11.7. The van der Waals surface area contributed by atoms with Gasteiger partial charge in [-0.3, -0.25) is 4.79 Å². The van der Waals surface area contributed by atoms with Gasteiger partial charge in [0.05, 0.1) is 0 Å². The summed E-state index contributed by atoms with van der Waals surface area (Å²) >= 11 is 0. The van der Waals surface area contributed by atoms with Gasteiger partial charge in [0, 0.05) is 38.8 Å². The van der Waals surface area contributed by atoms with Crippen molar-refractivity contribution in [1.29, 1.82) is 0 Å². The monoisotopic (exact) mass is 337 g/mol. The van der Waals surface area contributed by atoms with Crippen LogP contribution in [0.25, 0.3) is 0 Å². The second-order valence-corrected chi connectivity index (χ2v) is 7.31. The summed E-state index contributed by atoms with van der Waals surface area (Å²) in [5.41, 5.74) is 0. The summed E-state index contributed by atoms with van der Waals surface area (Å²) < 4.78 is 5.48. The second kappa shape index (κ2) is 8.70. The Balaban J connectivity index is 1.41. The molecule has 2 heterocycles. The fraction of sp³-hybridized carbons (Fsp3) is 0.889. The van der Waals surface area contributed by atoms with Crippen LogP contribution in [0, 0.1) is 0 Å². The van der Waals surface area contributed by atoms with Crippen LogP contribution >= 0.6 is 0 Å². The quantitative estimate of drug-likeness (QED) is 0.840. The standard InChI is InChI=1S/C18H31N3O3/c22-17(16-9-6-14-24-16)20-10-12-21(13-11-20)18(23)19-15-7-4-2-1-3-5-8-15/h15-16H,1-14H2,(H,19,23). The minimum absolute atomic E-state index is 0.0461. The zero-order chi connectivity index (χ0) is 16.8. The average Bonchev–Trinajstić information content (AvgIpc) is 3.11. The van der Waals surface area contributed by atoms with Crippen molar-refractivity contribution < 1.29 is 14.3 Å². The lowest BCUT2D eigenvalue weighted by Gasteiger charge is -2.36. The normalized spacial score (nSPS) is 26.8. The minimum atomic E-state index is -0.250. The summed E-state index contributed by atoms with van der Waals surface area (Å²) in [6.07, 6.45) is 10.1. The third-order valence-electron chi connectivity index (χ3n) is 5.52. The Morgan fingerprint density at radius 2 is 1.42 bits per heavy atom. The van der Waals surface area contributed by atoms with Crippen LogP contribution in [0.2, 0.25) is 0 Å². The van der Waals surface area contributed by atoms with E-state index in [0.29, 0.717) is 38.8 Å². The predicted octanol–water partition coefficient (Wildman–Crippen LogP) is 2.13. The van der Waals surface area contributed by atoms with E-state index in [1.807, 2.05) is 9.80 Å². The van der Waals surface area contributed by atoms with E-state index in [1.165, 1.54) is 32.1 Å². The number of carbonyl (C=O) groups excluding carboxylic acids is 2. The molecule has 3 amide bonds. The summed E-state index contributed by atoms with van der Waals surface area (Å²) in [6.45, 7) is 3.18. The van der Waals surface area contributed by atoms with Gasteiger partial charge in [-0.25, -0.2) is 4.79 Å². The summed E-state index contributed by atoms with van der Waals surface area (Å²) in [5, 5.41) is 3.21. The number of amides is 3. The van der Waals surface area contributed by atoms with Crippen LogP contribution in [0.1, 0.15) is 57.8 Å². The molecule has 1 N–H and O–H groups in total. The number of hydrogen-bond donors (Lipinski definition) is 1. The maximum absolute atomic E-state index is 12.5. The van der Waals surface area contributed by atoms with Gasteiger partial charge in [0.15, 0.2) is 0 Å². The molecule has 0 spiro atoms. The molecule has 1 atom stereocenters. The molecular formula is C18H31N3O3. The van der Waals surface area contributed by atoms with Crippen molar-refractivity contribution >= 4 is 11.9 Å². The van der Waals surface area contributed by atoms with Gasteiger partial charge in [0.2, 0.25) is 0 Å². The van der Waals surface area contributed by atoms with Gasteiger partial charge < -0.3 is 19.9 Å². The van der Waals surface area contributed by atoms with Crippen LogP contribution in [-0.2, 0) is 9.53 Å². The predicted molar refractivity (Wildman–Crippen MR) is 91.8 cm³/mol. The lowest BCUT2D eigenvalue weighted by Crippen LogP contribution is -2.56. The van der Waals surface area contributed by atoms with Crippen molar-refractivity contribution in [3.63, 3.8) is 0 Å². The van der Waals surface area contributed by atoms with Crippen molar-refractivity contribution in [1.82, 2.24) is 15.1 Å². The van der Waals surface area contributed by atoms with Crippen molar-refractivity contribution in [2.75, 3.05) is 32.8 Å². The van der Waals surface area contributed by atoms with Crippen molar-refractivity contribution in [2.45, 2.75) is 69.9 Å². The molecule has 0 aromatic heterocycles. The Hall–Kier alpha value is -1.30. The van der Waals surface area contributed by atoms with Gasteiger partial charge in [-0.1, -0.05) is 32.1 Å². The van der Waals surface area contributed by atoms with Crippen LogP contribution < -0.4 is 5.32 Å². The molecule has 1 unspecified atom stereocenters. The molecule has 3 aliphatic rings. The molecule has 0 aromatic rings. The second-order valence-electron chi connectivity index (χ2n) is 7.31. The van der Waals surface area contributed by atoms with Crippen LogP contribution in [0.5, 0.6) is 0 Å². The van der Waals surface area contributed by atoms with Gasteiger partial charge in [0.25, 0.3) is 5.91 Å². The van der Waals surface area contributed by atoms with Crippen LogP contribution in [0.3, 0.4) is 0 Å². The van der Waals surface area contributed by atoms with E-state index in [1.54, 1.807) is 0 Å². The molecule has 0 aromatic carbocycles. The molecule has 1 aliphatic carbocycles. The maximum Gasteiger partial charge on any atom is 0.317 e. The van der Waals surface area contributed by atoms with Crippen LogP contribution in [0.4, 0.5) is 4.79 Å². The molecule has 0 bridgehead atoms. The lowest BCUT2D eigenvalue weighted by molar-refractivity contribution is -0.142. The molecule has 24 heavy (non-hydrogen) atoms. The number of nitrogens with one attached hydrogen (secondary N) is 1. The molecule has 2 saturated heterocycles. The minimum Gasteiger partial charge on any atom is -0.368 e. The summed E-state index contributed by atoms with van der Waals surface area (Å²) in [5.74, 6) is 0.104. The van der Waals surface area contributed by atoms with E-state index in [0.717, 1.165) is 25.7 Å². The highest BCUT2D eigenvalue weighted by Gasteiger charge is 2.31. The van der Waals surface area contributed by atoms with Gasteiger partial charge in [-0.15, -0.1) is 0 Å². The smallest absolute Gasteiger partial charge is 0.317 e. The zero-order valence-corrected chi connectivity index (χ0v) is 14.7. The highest BCUT2D eigenvalue weighted by Crippen LogP contribution is 2.18. The molecule has 2 aliphatic heterocycles. The molecule has 1 saturated carbocycles. The van der Waals surface area contributed by atoms with Crippen molar-refractivity contribution in [3.8, 4) is 0 Å². The number of carbonyl (C=O) groups is 2. The third kappa shape index (κ3) is 4.62. The van der Waals surface area contributed by atoms with Gasteiger partial charge in [-0.2, -0.15) is 0 Å². The first kappa shape index (κ1) is 17.5. The Kier molecular flexibility index (Phi) is 6.35. The molecule has 0 radical (unpaired) electrons. The number of hydrogen-bond acceptors (Lipinski definition) is 3. The van der Waals surface area contributed by atoms with Crippen LogP contribution in [-0.4, -0.2) is 66.7 Å². The van der Waals surface area contributed by atoms with Gasteiger partial charge >= 0.3 is 6.03 Å². The lowest BCUT2D eigenvalue weighted by atomic mass is 9.97. The Morgan fingerprint density at radius 3 is 2.04 bits per heavy atom. The van der Waals surface area contributed by atoms with E-state index in [2.05, 4.69) is 5.32 Å². The number of ether oxygens (including phenoxy) is 1. The largest absolute Gasteiger partial charge is 0.368 e. The van der Waals surface area contributed by atoms with Crippen molar-refractivity contribution in [3.05, 3.63) is 0 Å². The number of piperazine rings is 1. The third-order valence-corrected chi connectivity index (χ3v) is 5.52. The van der Waals surface area contributed by atoms with E-state index in [-0.39, 0.29) is 18.0 Å². The number of urea groups is 1. The van der Waals surface area contributed by atoms with Crippen LogP contribution in [0.15, 0.2) is 0 Å². The molecule has 6 heteroatoms. The van der Waals surface area contributed by atoms with E-state index in [9.17, 15) is 9.59 Å². The average molecular weight is 337 g/mol. The number of nitrogens with zero attached hydrogens (tertiary/aromatic N) is 2. The zero-order valence-electron chi connectivity index (χ0n) is 14.7. The first-order valence-electron chi connectivity index (χ1n) is 9.70. The maximum atomic E-state index is 12.5. The highest BCUT2D eigenvalue weighted by atomic mass is 16.5. The Morgan fingerprint density at radius 1 is 0.792 bits per heavy atom. The van der Waals surface area contributed by atoms with Crippen molar-refractivity contribution in [2.24, 2.45) is 0 Å². The highest BCUT2D eigenvalue weighted by molar-refractivity contribution is 5.81. The Labute approximate surface area is 144 Å². The summed E-state index contributed by atoms with van der Waals surface area (Å²) in [7, 11) is 0.